The summed E-state index contributed by atoms with van der Waals surface area (Å²) in [4.78, 5) is 4.11. The van der Waals surface area contributed by atoms with Crippen molar-refractivity contribution in [2.75, 3.05) is 12.4 Å². The molecule has 0 spiro atoms. The molecule has 0 saturated heterocycles. The number of anilines is 1. The van der Waals surface area contributed by atoms with Crippen LogP contribution in [0.4, 0.5) is 5.69 Å². The average molecular weight is 328 g/mol. The molecule has 2 aromatic rings. The lowest BCUT2D eigenvalue weighted by Gasteiger charge is -2.10. The van der Waals surface area contributed by atoms with E-state index in [-0.39, 0.29) is 0 Å². The van der Waals surface area contributed by atoms with E-state index >= 15 is 0 Å². The Morgan fingerprint density at radius 3 is 2.89 bits per heavy atom. The number of nitrogens with zero attached hydrogens (tertiary/aromatic N) is 1. The Morgan fingerprint density at radius 2 is 2.17 bits per heavy atom. The molecule has 0 aliphatic rings. The SMILES string of the molecule is COc1ccc(Cl)c(NCc2cncc(Br)c2)c1. The van der Waals surface area contributed by atoms with E-state index in [2.05, 4.69) is 26.2 Å². The molecule has 0 bridgehead atoms. The van der Waals surface area contributed by atoms with E-state index in [1.54, 1.807) is 13.3 Å². The predicted molar refractivity (Wildman–Crippen MR) is 77.3 cm³/mol. The lowest BCUT2D eigenvalue weighted by molar-refractivity contribution is 0.415. The third-order valence-corrected chi connectivity index (χ3v) is 3.18. The van der Waals surface area contributed by atoms with Crippen molar-refractivity contribution in [2.45, 2.75) is 6.54 Å². The Kier molecular flexibility index (Phi) is 4.44. The minimum Gasteiger partial charge on any atom is -0.497 e. The quantitative estimate of drug-likeness (QED) is 0.917. The van der Waals surface area contributed by atoms with Crippen LogP contribution >= 0.6 is 27.5 Å². The Bertz CT molecular complexity index is 548. The molecule has 94 valence electrons. The van der Waals surface area contributed by atoms with Crippen molar-refractivity contribution in [1.29, 1.82) is 0 Å². The zero-order valence-electron chi connectivity index (χ0n) is 9.78. The van der Waals surface area contributed by atoms with E-state index in [0.29, 0.717) is 11.6 Å². The standard InChI is InChI=1S/C13H12BrClN2O/c1-18-11-2-3-12(15)13(5-11)17-7-9-4-10(14)8-16-6-9/h2-6,8,17H,7H2,1H3. The van der Waals surface area contributed by atoms with Gasteiger partial charge in [0.1, 0.15) is 5.75 Å². The molecule has 18 heavy (non-hydrogen) atoms. The highest BCUT2D eigenvalue weighted by molar-refractivity contribution is 9.10. The second-order valence-corrected chi connectivity index (χ2v) is 5.03. The molecule has 0 atom stereocenters. The Morgan fingerprint density at radius 1 is 1.33 bits per heavy atom. The summed E-state index contributed by atoms with van der Waals surface area (Å²) in [5.41, 5.74) is 1.92. The molecule has 1 aromatic heterocycles. The van der Waals surface area contributed by atoms with Gasteiger partial charge in [-0.15, -0.1) is 0 Å². The third kappa shape index (κ3) is 3.37. The molecule has 0 fully saturated rings. The number of rotatable bonds is 4. The fourth-order valence-corrected chi connectivity index (χ4v) is 2.11. The first-order valence-electron chi connectivity index (χ1n) is 5.36. The topological polar surface area (TPSA) is 34.1 Å². The molecule has 1 aromatic carbocycles. The minimum absolute atomic E-state index is 0.652. The van der Waals surface area contributed by atoms with E-state index in [4.69, 9.17) is 16.3 Å². The Hall–Kier alpha value is -1.26. The first-order valence-corrected chi connectivity index (χ1v) is 6.53. The molecule has 0 aliphatic heterocycles. The van der Waals surface area contributed by atoms with Gasteiger partial charge in [0.15, 0.2) is 0 Å². The van der Waals surface area contributed by atoms with E-state index < -0.39 is 0 Å². The first-order chi connectivity index (χ1) is 8.69. The minimum atomic E-state index is 0.652. The number of benzene rings is 1. The van der Waals surface area contributed by atoms with Crippen LogP contribution in [0.15, 0.2) is 41.1 Å². The van der Waals surface area contributed by atoms with Gasteiger partial charge in [0.25, 0.3) is 0 Å². The number of hydrogen-bond acceptors (Lipinski definition) is 3. The lowest BCUT2D eigenvalue weighted by Crippen LogP contribution is -2.00. The van der Waals surface area contributed by atoms with Crippen molar-refractivity contribution in [3.05, 3.63) is 51.7 Å². The van der Waals surface area contributed by atoms with Crippen molar-refractivity contribution in [1.82, 2.24) is 4.98 Å². The third-order valence-electron chi connectivity index (χ3n) is 2.42. The highest BCUT2D eigenvalue weighted by Crippen LogP contribution is 2.27. The molecular weight excluding hydrogens is 316 g/mol. The van der Waals surface area contributed by atoms with Crippen LogP contribution in [0.3, 0.4) is 0 Å². The average Bonchev–Trinajstić information content (AvgIpc) is 2.38. The van der Waals surface area contributed by atoms with Gasteiger partial charge in [-0.3, -0.25) is 4.98 Å². The molecule has 0 unspecified atom stereocenters. The molecule has 0 aliphatic carbocycles. The molecule has 3 nitrogen and oxygen atoms in total. The monoisotopic (exact) mass is 326 g/mol. The summed E-state index contributed by atoms with van der Waals surface area (Å²) in [5.74, 6) is 0.772. The van der Waals surface area contributed by atoms with Crippen LogP contribution in [0.1, 0.15) is 5.56 Å². The number of hydrogen-bond donors (Lipinski definition) is 1. The summed E-state index contributed by atoms with van der Waals surface area (Å²) in [6.45, 7) is 0.652. The van der Waals surface area contributed by atoms with Crippen LogP contribution in [-0.2, 0) is 6.54 Å². The number of methoxy groups -OCH3 is 1. The van der Waals surface area contributed by atoms with Gasteiger partial charge in [0.05, 0.1) is 17.8 Å². The zero-order valence-corrected chi connectivity index (χ0v) is 12.1. The second-order valence-electron chi connectivity index (χ2n) is 3.71. The van der Waals surface area contributed by atoms with Crippen LogP contribution in [0.25, 0.3) is 0 Å². The summed E-state index contributed by atoms with van der Waals surface area (Å²) >= 11 is 9.50. The van der Waals surface area contributed by atoms with Crippen molar-refractivity contribution in [2.24, 2.45) is 0 Å². The predicted octanol–water partition coefficient (Wildman–Crippen LogP) is 4.12. The maximum Gasteiger partial charge on any atom is 0.121 e. The number of aromatic nitrogens is 1. The fraction of sp³-hybridized carbons (Fsp3) is 0.154. The van der Waals surface area contributed by atoms with Crippen molar-refractivity contribution in [3.8, 4) is 5.75 Å². The van der Waals surface area contributed by atoms with Crippen molar-refractivity contribution in [3.63, 3.8) is 0 Å². The molecule has 0 amide bonds. The molecule has 0 saturated carbocycles. The van der Waals surface area contributed by atoms with E-state index in [0.717, 1.165) is 21.5 Å². The largest absolute Gasteiger partial charge is 0.497 e. The highest BCUT2D eigenvalue weighted by atomic mass is 79.9. The zero-order chi connectivity index (χ0) is 13.0. The summed E-state index contributed by atoms with van der Waals surface area (Å²) in [6, 6.07) is 7.51. The smallest absolute Gasteiger partial charge is 0.121 e. The molecule has 5 heteroatoms. The van der Waals surface area contributed by atoms with Gasteiger partial charge in [-0.2, -0.15) is 0 Å². The van der Waals surface area contributed by atoms with E-state index in [1.165, 1.54) is 0 Å². The molecular formula is C13H12BrClN2O. The molecule has 0 radical (unpaired) electrons. The van der Waals surface area contributed by atoms with Gasteiger partial charge < -0.3 is 10.1 Å². The fourth-order valence-electron chi connectivity index (χ4n) is 1.52. The summed E-state index contributed by atoms with van der Waals surface area (Å²) in [6.07, 6.45) is 3.56. The normalized spacial score (nSPS) is 10.2. The molecule has 2 rings (SSSR count). The van der Waals surface area contributed by atoms with E-state index in [9.17, 15) is 0 Å². The van der Waals surface area contributed by atoms with E-state index in [1.807, 2.05) is 30.5 Å². The summed E-state index contributed by atoms with van der Waals surface area (Å²) < 4.78 is 6.12. The maximum atomic E-state index is 6.11. The van der Waals surface area contributed by atoms with Crippen LogP contribution in [0, 0.1) is 0 Å². The molecule has 1 heterocycles. The van der Waals surface area contributed by atoms with Crippen LogP contribution in [-0.4, -0.2) is 12.1 Å². The number of nitrogens with one attached hydrogen (secondary N) is 1. The van der Waals surface area contributed by atoms with Crippen LogP contribution in [0.2, 0.25) is 5.02 Å². The van der Waals surface area contributed by atoms with Gasteiger partial charge in [0, 0.05) is 29.5 Å². The van der Waals surface area contributed by atoms with Gasteiger partial charge in [0.2, 0.25) is 0 Å². The van der Waals surface area contributed by atoms with Gasteiger partial charge in [-0.05, 0) is 39.7 Å². The number of halogens is 2. The van der Waals surface area contributed by atoms with Gasteiger partial charge in [-0.25, -0.2) is 0 Å². The number of pyridine rings is 1. The second kappa shape index (κ2) is 6.07. The lowest BCUT2D eigenvalue weighted by atomic mass is 10.2. The van der Waals surface area contributed by atoms with Crippen molar-refractivity contribution < 1.29 is 4.74 Å². The Balaban J connectivity index is 2.10. The van der Waals surface area contributed by atoms with Crippen LogP contribution < -0.4 is 10.1 Å². The summed E-state index contributed by atoms with van der Waals surface area (Å²) in [7, 11) is 1.63. The van der Waals surface area contributed by atoms with Crippen molar-refractivity contribution >= 4 is 33.2 Å². The van der Waals surface area contributed by atoms with Gasteiger partial charge in [-0.1, -0.05) is 11.6 Å². The molecule has 1 N–H and O–H groups in total. The van der Waals surface area contributed by atoms with Gasteiger partial charge >= 0.3 is 0 Å². The first kappa shape index (κ1) is 13.2. The number of ether oxygens (including phenoxy) is 1. The summed E-state index contributed by atoms with van der Waals surface area (Å²) in [5, 5.41) is 3.92. The highest BCUT2D eigenvalue weighted by Gasteiger charge is 2.02. The van der Waals surface area contributed by atoms with Crippen LogP contribution in [0.5, 0.6) is 5.75 Å². The maximum absolute atomic E-state index is 6.11. The Labute approximate surface area is 119 Å².